The van der Waals surface area contributed by atoms with Crippen LogP contribution in [0.2, 0.25) is 10.0 Å². The molecular formula is C16H14Cl2N2O3S2. The Balaban J connectivity index is 1.84. The van der Waals surface area contributed by atoms with Gasteiger partial charge in [0.25, 0.3) is 5.22 Å². The summed E-state index contributed by atoms with van der Waals surface area (Å²) in [5.41, 5.74) is 1.93. The predicted octanol–water partition coefficient (Wildman–Crippen LogP) is 4.68. The number of benzene rings is 2. The van der Waals surface area contributed by atoms with Crippen molar-refractivity contribution in [2.24, 2.45) is 0 Å². The molecule has 3 rings (SSSR count). The number of hydrogen-bond donors (Lipinski definition) is 0. The zero-order valence-electron chi connectivity index (χ0n) is 13.4. The second-order valence-electron chi connectivity index (χ2n) is 5.42. The predicted molar refractivity (Wildman–Crippen MR) is 101 cm³/mol. The van der Waals surface area contributed by atoms with Crippen LogP contribution in [0.1, 0.15) is 5.56 Å². The van der Waals surface area contributed by atoms with E-state index in [1.54, 1.807) is 18.2 Å². The Bertz CT molecular complexity index is 1030. The summed E-state index contributed by atoms with van der Waals surface area (Å²) in [7, 11) is -0.538. The van der Waals surface area contributed by atoms with Crippen LogP contribution >= 0.6 is 35.0 Å². The molecule has 132 valence electrons. The highest BCUT2D eigenvalue weighted by Gasteiger charge is 2.19. The summed E-state index contributed by atoms with van der Waals surface area (Å²) in [6.07, 6.45) is 0. The Hall–Kier alpha value is -1.25. The minimum Gasteiger partial charge on any atom is -0.431 e. The molecule has 1 aromatic heterocycles. The normalized spacial score (nSPS) is 12.2. The topological polar surface area (TPSA) is 63.4 Å². The highest BCUT2D eigenvalue weighted by atomic mass is 35.5. The van der Waals surface area contributed by atoms with E-state index in [9.17, 15) is 8.42 Å². The standard InChI is InChI=1S/C16H14Cl2N2O3S2/c1-20(2)25(21,22)12-5-6-15-14(8-12)19-16(23-15)24-9-10-3-4-11(17)7-13(10)18/h3-8H,9H2,1-2H3. The average Bonchev–Trinajstić information content (AvgIpc) is 2.95. The maximum absolute atomic E-state index is 12.2. The Labute approximate surface area is 160 Å². The lowest BCUT2D eigenvalue weighted by Gasteiger charge is -2.10. The van der Waals surface area contributed by atoms with Gasteiger partial charge in [0.15, 0.2) is 5.58 Å². The fourth-order valence-electron chi connectivity index (χ4n) is 2.10. The van der Waals surface area contributed by atoms with E-state index in [-0.39, 0.29) is 4.90 Å². The molecule has 3 aromatic rings. The molecule has 0 aliphatic rings. The third-order valence-corrected chi connectivity index (χ3v) is 6.76. The van der Waals surface area contributed by atoms with Gasteiger partial charge in [0, 0.05) is 29.9 Å². The van der Waals surface area contributed by atoms with E-state index in [4.69, 9.17) is 27.6 Å². The van der Waals surface area contributed by atoms with E-state index in [0.29, 0.717) is 32.1 Å². The van der Waals surface area contributed by atoms with Crippen LogP contribution in [0, 0.1) is 0 Å². The van der Waals surface area contributed by atoms with Gasteiger partial charge >= 0.3 is 0 Å². The number of rotatable bonds is 5. The van der Waals surface area contributed by atoms with E-state index in [1.807, 2.05) is 6.07 Å². The van der Waals surface area contributed by atoms with Gasteiger partial charge in [0.05, 0.1) is 4.90 Å². The summed E-state index contributed by atoms with van der Waals surface area (Å²) in [6.45, 7) is 0. The number of hydrogen-bond acceptors (Lipinski definition) is 5. The van der Waals surface area contributed by atoms with Crippen molar-refractivity contribution >= 4 is 56.1 Å². The first kappa shape index (κ1) is 18.5. The lowest BCUT2D eigenvalue weighted by atomic mass is 10.2. The highest BCUT2D eigenvalue weighted by molar-refractivity contribution is 7.98. The minimum absolute atomic E-state index is 0.176. The number of aromatic nitrogens is 1. The molecule has 0 amide bonds. The Morgan fingerprint density at radius 2 is 1.92 bits per heavy atom. The smallest absolute Gasteiger partial charge is 0.257 e. The van der Waals surface area contributed by atoms with Crippen molar-refractivity contribution in [3.05, 3.63) is 52.0 Å². The molecule has 5 nitrogen and oxygen atoms in total. The molecule has 0 spiro atoms. The first-order chi connectivity index (χ1) is 11.8. The molecule has 2 aromatic carbocycles. The quantitative estimate of drug-likeness (QED) is 0.565. The summed E-state index contributed by atoms with van der Waals surface area (Å²) < 4.78 is 31.2. The number of oxazole rings is 1. The van der Waals surface area contributed by atoms with Crippen molar-refractivity contribution in [2.75, 3.05) is 14.1 Å². The van der Waals surface area contributed by atoms with Crippen LogP contribution in [0.15, 0.2) is 50.9 Å². The second kappa shape index (κ2) is 7.17. The first-order valence-corrected chi connectivity index (χ1v) is 10.4. The van der Waals surface area contributed by atoms with Gasteiger partial charge in [-0.2, -0.15) is 0 Å². The lowest BCUT2D eigenvalue weighted by molar-refractivity contribution is 0.489. The summed E-state index contributed by atoms with van der Waals surface area (Å²) in [4.78, 5) is 4.53. The fraction of sp³-hybridized carbons (Fsp3) is 0.188. The van der Waals surface area contributed by atoms with Gasteiger partial charge in [0.2, 0.25) is 10.0 Å². The molecular weight excluding hydrogens is 403 g/mol. The maximum Gasteiger partial charge on any atom is 0.257 e. The van der Waals surface area contributed by atoms with Gasteiger partial charge in [-0.1, -0.05) is 41.0 Å². The number of nitrogens with zero attached hydrogens (tertiary/aromatic N) is 2. The summed E-state index contributed by atoms with van der Waals surface area (Å²) in [5, 5.41) is 1.60. The van der Waals surface area contributed by atoms with Crippen molar-refractivity contribution in [1.29, 1.82) is 0 Å². The molecule has 25 heavy (non-hydrogen) atoms. The van der Waals surface area contributed by atoms with Crippen LogP contribution in [-0.4, -0.2) is 31.8 Å². The van der Waals surface area contributed by atoms with Crippen LogP contribution in [0.3, 0.4) is 0 Å². The van der Waals surface area contributed by atoms with Gasteiger partial charge in [-0.15, -0.1) is 0 Å². The number of fused-ring (bicyclic) bond motifs is 1. The minimum atomic E-state index is -3.51. The van der Waals surface area contributed by atoms with Gasteiger partial charge in [-0.3, -0.25) is 0 Å². The largest absolute Gasteiger partial charge is 0.431 e. The zero-order valence-corrected chi connectivity index (χ0v) is 16.5. The molecule has 9 heteroatoms. The molecule has 0 aliphatic heterocycles. The number of sulfonamides is 1. The zero-order chi connectivity index (χ0) is 18.2. The average molecular weight is 417 g/mol. The van der Waals surface area contributed by atoms with Crippen molar-refractivity contribution in [1.82, 2.24) is 9.29 Å². The van der Waals surface area contributed by atoms with E-state index < -0.39 is 10.0 Å². The maximum atomic E-state index is 12.2. The SMILES string of the molecule is CN(C)S(=O)(=O)c1ccc2oc(SCc3ccc(Cl)cc3Cl)nc2c1. The summed E-state index contributed by atoms with van der Waals surface area (Å²) >= 11 is 13.4. The van der Waals surface area contributed by atoms with Gasteiger partial charge in [-0.05, 0) is 35.9 Å². The van der Waals surface area contributed by atoms with Crippen LogP contribution in [0.5, 0.6) is 0 Å². The van der Waals surface area contributed by atoms with Gasteiger partial charge < -0.3 is 4.42 Å². The van der Waals surface area contributed by atoms with Crippen molar-refractivity contribution in [2.45, 2.75) is 15.9 Å². The monoisotopic (exact) mass is 416 g/mol. The first-order valence-electron chi connectivity index (χ1n) is 7.17. The molecule has 0 saturated carbocycles. The molecule has 0 unspecified atom stereocenters. The molecule has 0 atom stereocenters. The molecule has 0 radical (unpaired) electrons. The van der Waals surface area contributed by atoms with E-state index >= 15 is 0 Å². The molecule has 0 aliphatic carbocycles. The molecule has 0 saturated heterocycles. The molecule has 0 N–H and O–H groups in total. The Kier molecular flexibility index (Phi) is 5.31. The number of thioether (sulfide) groups is 1. The van der Waals surface area contributed by atoms with Crippen molar-refractivity contribution in [3.8, 4) is 0 Å². The molecule has 0 fully saturated rings. The Morgan fingerprint density at radius 3 is 2.60 bits per heavy atom. The summed E-state index contributed by atoms with van der Waals surface area (Å²) in [5.74, 6) is 0.561. The second-order valence-corrected chi connectivity index (χ2v) is 9.34. The van der Waals surface area contributed by atoms with Crippen molar-refractivity contribution in [3.63, 3.8) is 0 Å². The van der Waals surface area contributed by atoms with E-state index in [1.165, 1.54) is 38.0 Å². The molecule has 1 heterocycles. The van der Waals surface area contributed by atoms with Crippen molar-refractivity contribution < 1.29 is 12.8 Å². The van der Waals surface area contributed by atoms with Gasteiger partial charge in [0.1, 0.15) is 5.52 Å². The lowest BCUT2D eigenvalue weighted by Crippen LogP contribution is -2.22. The highest BCUT2D eigenvalue weighted by Crippen LogP contribution is 2.31. The van der Waals surface area contributed by atoms with E-state index in [2.05, 4.69) is 4.98 Å². The van der Waals surface area contributed by atoms with Gasteiger partial charge in [-0.25, -0.2) is 17.7 Å². The van der Waals surface area contributed by atoms with Crippen LogP contribution < -0.4 is 0 Å². The fourth-order valence-corrected chi connectivity index (χ4v) is 4.42. The third kappa shape index (κ3) is 3.96. The van der Waals surface area contributed by atoms with Crippen LogP contribution in [0.25, 0.3) is 11.1 Å². The van der Waals surface area contributed by atoms with Crippen LogP contribution in [0.4, 0.5) is 0 Å². The number of halogens is 2. The third-order valence-electron chi connectivity index (χ3n) is 3.48. The van der Waals surface area contributed by atoms with E-state index in [0.717, 1.165) is 9.87 Å². The molecule has 0 bridgehead atoms. The summed E-state index contributed by atoms with van der Waals surface area (Å²) in [6, 6.07) is 9.93. The van der Waals surface area contributed by atoms with Crippen LogP contribution in [-0.2, 0) is 15.8 Å². The Morgan fingerprint density at radius 1 is 1.16 bits per heavy atom.